The molecule has 28 heavy (non-hydrogen) atoms. The first-order chi connectivity index (χ1) is 13.5. The third kappa shape index (κ3) is 4.08. The van der Waals surface area contributed by atoms with E-state index in [-0.39, 0.29) is 11.4 Å². The Hall–Kier alpha value is -3.10. The number of carbonyl (C=O) groups is 1. The molecule has 0 unspecified atom stereocenters. The van der Waals surface area contributed by atoms with Crippen molar-refractivity contribution >= 4 is 17.5 Å². The molecule has 1 aliphatic rings. The first-order valence-electron chi connectivity index (χ1n) is 9.42. The molecule has 0 amide bonds. The Bertz CT molecular complexity index is 939. The van der Waals surface area contributed by atoms with Gasteiger partial charge in [-0.1, -0.05) is 18.2 Å². The number of aromatic nitrogens is 1. The van der Waals surface area contributed by atoms with E-state index in [9.17, 15) is 10.1 Å². The van der Waals surface area contributed by atoms with Gasteiger partial charge in [-0.25, -0.2) is 0 Å². The zero-order valence-corrected chi connectivity index (χ0v) is 16.4. The fourth-order valence-corrected chi connectivity index (χ4v) is 3.50. The zero-order chi connectivity index (χ0) is 20.1. The zero-order valence-electron chi connectivity index (χ0n) is 16.4. The third-order valence-electron chi connectivity index (χ3n) is 5.08. The molecule has 1 aromatic heterocycles. The first kappa shape index (κ1) is 19.7. The number of ether oxygens (including phenoxy) is 1. The molecule has 1 saturated heterocycles. The van der Waals surface area contributed by atoms with Crippen molar-refractivity contribution in [2.45, 2.75) is 20.4 Å². The number of anilines is 1. The molecule has 1 aromatic carbocycles. The lowest BCUT2D eigenvalue weighted by molar-refractivity contribution is 0.103. The average Bonchev–Trinajstić information content (AvgIpc) is 3.01. The molecule has 0 radical (unpaired) electrons. The lowest BCUT2D eigenvalue weighted by Crippen LogP contribution is -2.36. The van der Waals surface area contributed by atoms with Gasteiger partial charge >= 0.3 is 0 Å². The highest BCUT2D eigenvalue weighted by atomic mass is 16.5. The van der Waals surface area contributed by atoms with Crippen LogP contribution in [0.2, 0.25) is 0 Å². The van der Waals surface area contributed by atoms with Crippen molar-refractivity contribution < 1.29 is 9.53 Å². The minimum Gasteiger partial charge on any atom is -0.378 e. The minimum absolute atomic E-state index is 0.137. The quantitative estimate of drug-likeness (QED) is 0.332. The van der Waals surface area contributed by atoms with Crippen LogP contribution in [0.4, 0.5) is 5.69 Å². The number of rotatable bonds is 6. The molecule has 0 atom stereocenters. The van der Waals surface area contributed by atoms with E-state index in [2.05, 4.69) is 17.5 Å². The number of nitrogens with zero attached hydrogens (tertiary/aromatic N) is 3. The van der Waals surface area contributed by atoms with Gasteiger partial charge in [-0.2, -0.15) is 5.26 Å². The molecule has 5 heteroatoms. The Morgan fingerprint density at radius 3 is 2.54 bits per heavy atom. The number of allylic oxidation sites excluding steroid dienone is 2. The number of Topliss-reactive ketones (excluding diaryl/α,β-unsaturated/α-hetero) is 1. The summed E-state index contributed by atoms with van der Waals surface area (Å²) in [6.45, 7) is 11.5. The summed E-state index contributed by atoms with van der Waals surface area (Å²) in [5.74, 6) is -0.247. The number of hydrogen-bond donors (Lipinski definition) is 0. The normalized spacial score (nSPS) is 14.6. The van der Waals surface area contributed by atoms with E-state index in [0.717, 1.165) is 48.9 Å². The largest absolute Gasteiger partial charge is 0.378 e. The lowest BCUT2D eigenvalue weighted by atomic mass is 10.0. The third-order valence-corrected chi connectivity index (χ3v) is 5.08. The summed E-state index contributed by atoms with van der Waals surface area (Å²) in [5, 5.41) is 9.56. The van der Waals surface area contributed by atoms with Crippen LogP contribution in [0.5, 0.6) is 0 Å². The van der Waals surface area contributed by atoms with Gasteiger partial charge in [-0.3, -0.25) is 4.79 Å². The number of ketones is 1. The molecule has 0 aliphatic carbocycles. The molecule has 2 heterocycles. The highest BCUT2D eigenvalue weighted by molar-refractivity contribution is 6.14. The van der Waals surface area contributed by atoms with Gasteiger partial charge in [-0.15, -0.1) is 6.58 Å². The molecule has 5 nitrogen and oxygen atoms in total. The van der Waals surface area contributed by atoms with E-state index >= 15 is 0 Å². The van der Waals surface area contributed by atoms with Gasteiger partial charge in [0.15, 0.2) is 0 Å². The van der Waals surface area contributed by atoms with Crippen LogP contribution in [-0.4, -0.2) is 36.7 Å². The van der Waals surface area contributed by atoms with Crippen molar-refractivity contribution in [2.75, 3.05) is 31.2 Å². The summed E-state index contributed by atoms with van der Waals surface area (Å²) in [7, 11) is 0. The van der Waals surface area contributed by atoms with E-state index in [1.165, 1.54) is 0 Å². The lowest BCUT2D eigenvalue weighted by Gasteiger charge is -2.28. The predicted octanol–water partition coefficient (Wildman–Crippen LogP) is 3.92. The maximum Gasteiger partial charge on any atom is 0.205 e. The maximum atomic E-state index is 12.9. The molecular formula is C23H25N3O2. The van der Waals surface area contributed by atoms with Gasteiger partial charge in [0.05, 0.1) is 13.2 Å². The minimum atomic E-state index is -0.247. The molecule has 0 saturated carbocycles. The molecule has 3 rings (SSSR count). The average molecular weight is 375 g/mol. The summed E-state index contributed by atoms with van der Waals surface area (Å²) in [6.07, 6.45) is 3.45. The predicted molar refractivity (Wildman–Crippen MR) is 111 cm³/mol. The van der Waals surface area contributed by atoms with Crippen LogP contribution in [0.1, 0.15) is 27.3 Å². The molecule has 0 bridgehead atoms. The van der Waals surface area contributed by atoms with Crippen molar-refractivity contribution in [2.24, 2.45) is 0 Å². The first-order valence-corrected chi connectivity index (χ1v) is 9.42. The van der Waals surface area contributed by atoms with Crippen molar-refractivity contribution in [3.63, 3.8) is 0 Å². The van der Waals surface area contributed by atoms with Crippen molar-refractivity contribution in [1.82, 2.24) is 4.57 Å². The SMILES string of the molecule is C=CCn1c(C)cc(C(=O)/C(C#N)=C/c2ccc(N3CCOCC3)cc2)c1C. The smallest absolute Gasteiger partial charge is 0.205 e. The monoisotopic (exact) mass is 375 g/mol. The van der Waals surface area contributed by atoms with Gasteiger partial charge in [0, 0.05) is 42.3 Å². The number of aryl methyl sites for hydroxylation is 1. The van der Waals surface area contributed by atoms with Gasteiger partial charge in [0.25, 0.3) is 0 Å². The Morgan fingerprint density at radius 1 is 1.25 bits per heavy atom. The fraction of sp³-hybridized carbons (Fsp3) is 0.304. The molecule has 2 aromatic rings. The molecule has 0 spiro atoms. The number of hydrogen-bond acceptors (Lipinski definition) is 4. The van der Waals surface area contributed by atoms with Crippen LogP contribution < -0.4 is 4.90 Å². The highest BCUT2D eigenvalue weighted by Gasteiger charge is 2.19. The van der Waals surface area contributed by atoms with Crippen LogP contribution in [0.3, 0.4) is 0 Å². The Morgan fingerprint density at radius 2 is 1.93 bits per heavy atom. The van der Waals surface area contributed by atoms with E-state index in [1.54, 1.807) is 12.2 Å². The van der Waals surface area contributed by atoms with E-state index < -0.39 is 0 Å². The molecule has 0 N–H and O–H groups in total. The summed E-state index contributed by atoms with van der Waals surface area (Å²) in [5.41, 5.74) is 4.49. The Kier molecular flexibility index (Phi) is 6.13. The maximum absolute atomic E-state index is 12.9. The second kappa shape index (κ2) is 8.73. The van der Waals surface area contributed by atoms with E-state index in [0.29, 0.717) is 12.1 Å². The van der Waals surface area contributed by atoms with Crippen molar-refractivity contribution in [1.29, 1.82) is 5.26 Å². The summed E-state index contributed by atoms with van der Waals surface area (Å²) >= 11 is 0. The van der Waals surface area contributed by atoms with Gasteiger partial charge in [-0.05, 0) is 43.7 Å². The van der Waals surface area contributed by atoms with Crippen molar-refractivity contribution in [3.05, 3.63) is 71.1 Å². The highest BCUT2D eigenvalue weighted by Crippen LogP contribution is 2.22. The van der Waals surface area contributed by atoms with Gasteiger partial charge < -0.3 is 14.2 Å². The molecule has 144 valence electrons. The standard InChI is InChI=1S/C23H25N3O2/c1-4-9-26-17(2)14-22(18(26)3)23(27)20(16-24)15-19-5-7-21(8-6-19)25-10-12-28-13-11-25/h4-8,14-15H,1,9-13H2,2-3H3/b20-15+. The number of benzene rings is 1. The van der Waals surface area contributed by atoms with Crippen LogP contribution in [0, 0.1) is 25.2 Å². The summed E-state index contributed by atoms with van der Waals surface area (Å²) in [6, 6.07) is 11.8. The molecular weight excluding hydrogens is 350 g/mol. The Labute approximate surface area is 166 Å². The van der Waals surface area contributed by atoms with Crippen LogP contribution in [-0.2, 0) is 11.3 Å². The van der Waals surface area contributed by atoms with Crippen LogP contribution in [0.25, 0.3) is 6.08 Å². The molecule has 1 fully saturated rings. The van der Waals surface area contributed by atoms with Gasteiger partial charge in [0.2, 0.25) is 5.78 Å². The number of carbonyl (C=O) groups excluding carboxylic acids is 1. The van der Waals surface area contributed by atoms with Crippen LogP contribution >= 0.6 is 0 Å². The number of nitriles is 1. The van der Waals surface area contributed by atoms with Crippen molar-refractivity contribution in [3.8, 4) is 6.07 Å². The summed E-state index contributed by atoms with van der Waals surface area (Å²) < 4.78 is 7.40. The molecule has 1 aliphatic heterocycles. The second-order valence-corrected chi connectivity index (χ2v) is 6.87. The van der Waals surface area contributed by atoms with Crippen LogP contribution in [0.15, 0.2) is 48.6 Å². The summed E-state index contributed by atoms with van der Waals surface area (Å²) in [4.78, 5) is 15.2. The fourth-order valence-electron chi connectivity index (χ4n) is 3.50. The topological polar surface area (TPSA) is 58.3 Å². The second-order valence-electron chi connectivity index (χ2n) is 6.87. The number of morpholine rings is 1. The van der Waals surface area contributed by atoms with Gasteiger partial charge in [0.1, 0.15) is 11.6 Å². The van der Waals surface area contributed by atoms with E-state index in [4.69, 9.17) is 4.74 Å². The Balaban J connectivity index is 1.84. The van der Waals surface area contributed by atoms with E-state index in [1.807, 2.05) is 48.7 Å².